The van der Waals surface area contributed by atoms with E-state index in [4.69, 9.17) is 4.74 Å². The van der Waals surface area contributed by atoms with Gasteiger partial charge in [-0.25, -0.2) is 0 Å². The monoisotopic (exact) mass is 261 g/mol. The van der Waals surface area contributed by atoms with E-state index in [0.29, 0.717) is 12.1 Å². The van der Waals surface area contributed by atoms with Crippen LogP contribution in [0.25, 0.3) is 0 Å². The fourth-order valence-electron chi connectivity index (χ4n) is 2.75. The average Bonchev–Trinajstić information content (AvgIpc) is 3.28. The minimum atomic E-state index is 0.530. The molecule has 2 rings (SSSR count). The second-order valence-electron chi connectivity index (χ2n) is 5.65. The first-order chi connectivity index (χ1) is 9.28. The third-order valence-corrected chi connectivity index (χ3v) is 4.11. The fraction of sp³-hybridized carbons (Fsp3) is 0.647. The van der Waals surface area contributed by atoms with Crippen molar-refractivity contribution in [3.8, 4) is 5.75 Å². The van der Waals surface area contributed by atoms with Gasteiger partial charge in [0.05, 0.1) is 7.11 Å². The van der Waals surface area contributed by atoms with E-state index < -0.39 is 0 Å². The molecule has 19 heavy (non-hydrogen) atoms. The van der Waals surface area contributed by atoms with Gasteiger partial charge in [-0.15, -0.1) is 0 Å². The molecule has 1 saturated carbocycles. The number of nitrogens with one attached hydrogen (secondary N) is 1. The first-order valence-corrected chi connectivity index (χ1v) is 7.68. The maximum Gasteiger partial charge on any atom is 0.118 e. The lowest BCUT2D eigenvalue weighted by molar-refractivity contribution is 0.374. The number of rotatable bonds is 8. The second kappa shape index (κ2) is 6.95. The molecule has 0 aliphatic heterocycles. The number of ether oxygens (including phenoxy) is 1. The summed E-state index contributed by atoms with van der Waals surface area (Å²) in [4.78, 5) is 0. The Morgan fingerprint density at radius 1 is 1.21 bits per heavy atom. The Hall–Kier alpha value is -1.02. The van der Waals surface area contributed by atoms with Gasteiger partial charge in [0.15, 0.2) is 0 Å². The molecule has 0 bridgehead atoms. The molecule has 106 valence electrons. The predicted molar refractivity (Wildman–Crippen MR) is 80.6 cm³/mol. The Balaban J connectivity index is 2.05. The van der Waals surface area contributed by atoms with E-state index in [-0.39, 0.29) is 0 Å². The Bertz CT molecular complexity index is 369. The normalized spacial score (nSPS) is 18.1. The van der Waals surface area contributed by atoms with E-state index in [1.807, 2.05) is 0 Å². The highest BCUT2D eigenvalue weighted by molar-refractivity contribution is 5.30. The van der Waals surface area contributed by atoms with Crippen molar-refractivity contribution in [1.82, 2.24) is 5.32 Å². The maximum atomic E-state index is 5.25. The minimum Gasteiger partial charge on any atom is -0.497 e. The number of hydrogen-bond donors (Lipinski definition) is 1. The van der Waals surface area contributed by atoms with Crippen LogP contribution in [0.4, 0.5) is 0 Å². The summed E-state index contributed by atoms with van der Waals surface area (Å²) in [5.41, 5.74) is 1.41. The summed E-state index contributed by atoms with van der Waals surface area (Å²) in [5.74, 6) is 1.78. The van der Waals surface area contributed by atoms with Gasteiger partial charge in [0, 0.05) is 12.1 Å². The molecule has 2 heteroatoms. The highest BCUT2D eigenvalue weighted by Crippen LogP contribution is 2.41. The SMILES string of the molecule is CCCC(CC)NC(c1ccc(OC)cc1)C1CC1. The molecule has 0 spiro atoms. The maximum absolute atomic E-state index is 5.25. The highest BCUT2D eigenvalue weighted by atomic mass is 16.5. The van der Waals surface area contributed by atoms with Crippen molar-refractivity contribution in [1.29, 1.82) is 0 Å². The molecule has 1 aliphatic carbocycles. The van der Waals surface area contributed by atoms with Crippen LogP contribution in [0.1, 0.15) is 57.6 Å². The van der Waals surface area contributed by atoms with Crippen LogP contribution in [0.5, 0.6) is 5.75 Å². The summed E-state index contributed by atoms with van der Waals surface area (Å²) in [6, 6.07) is 9.77. The molecule has 0 heterocycles. The standard InChI is InChI=1S/C17H27NO/c1-4-6-15(5-2)18-17(13-7-8-13)14-9-11-16(19-3)12-10-14/h9-13,15,17-18H,4-8H2,1-3H3. The summed E-state index contributed by atoms with van der Waals surface area (Å²) in [7, 11) is 1.72. The van der Waals surface area contributed by atoms with Gasteiger partial charge in [0.1, 0.15) is 5.75 Å². The Kier molecular flexibility index (Phi) is 5.26. The Morgan fingerprint density at radius 3 is 2.37 bits per heavy atom. The van der Waals surface area contributed by atoms with Gasteiger partial charge in [-0.2, -0.15) is 0 Å². The molecule has 0 saturated heterocycles. The number of benzene rings is 1. The summed E-state index contributed by atoms with van der Waals surface area (Å²) in [5, 5.41) is 3.88. The molecule has 0 amide bonds. The molecule has 1 fully saturated rings. The zero-order valence-electron chi connectivity index (χ0n) is 12.5. The lowest BCUT2D eigenvalue weighted by Crippen LogP contribution is -2.33. The van der Waals surface area contributed by atoms with Crippen molar-refractivity contribution in [2.24, 2.45) is 5.92 Å². The van der Waals surface area contributed by atoms with E-state index >= 15 is 0 Å². The Labute approximate surface area is 117 Å². The van der Waals surface area contributed by atoms with Crippen molar-refractivity contribution in [2.75, 3.05) is 7.11 Å². The van der Waals surface area contributed by atoms with Gasteiger partial charge in [0.25, 0.3) is 0 Å². The van der Waals surface area contributed by atoms with E-state index in [9.17, 15) is 0 Å². The van der Waals surface area contributed by atoms with Crippen LogP contribution in [-0.4, -0.2) is 13.2 Å². The van der Waals surface area contributed by atoms with Crippen molar-refractivity contribution in [3.05, 3.63) is 29.8 Å². The van der Waals surface area contributed by atoms with Gasteiger partial charge in [0.2, 0.25) is 0 Å². The van der Waals surface area contributed by atoms with Crippen LogP contribution in [-0.2, 0) is 0 Å². The summed E-state index contributed by atoms with van der Waals surface area (Å²) in [6.07, 6.45) is 6.48. The van der Waals surface area contributed by atoms with Crippen molar-refractivity contribution in [2.45, 2.75) is 58.0 Å². The molecule has 1 aromatic carbocycles. The van der Waals surface area contributed by atoms with Crippen molar-refractivity contribution < 1.29 is 4.74 Å². The molecule has 0 radical (unpaired) electrons. The number of hydrogen-bond acceptors (Lipinski definition) is 2. The second-order valence-corrected chi connectivity index (χ2v) is 5.65. The van der Waals surface area contributed by atoms with Gasteiger partial charge in [-0.3, -0.25) is 0 Å². The highest BCUT2D eigenvalue weighted by Gasteiger charge is 2.33. The van der Waals surface area contributed by atoms with E-state index in [1.165, 1.54) is 37.7 Å². The first-order valence-electron chi connectivity index (χ1n) is 7.68. The molecule has 1 aliphatic rings. The van der Waals surface area contributed by atoms with Crippen molar-refractivity contribution >= 4 is 0 Å². The van der Waals surface area contributed by atoms with Crippen molar-refractivity contribution in [3.63, 3.8) is 0 Å². The quantitative estimate of drug-likeness (QED) is 0.752. The summed E-state index contributed by atoms with van der Waals surface area (Å²) >= 11 is 0. The third-order valence-electron chi connectivity index (χ3n) is 4.11. The third kappa shape index (κ3) is 3.97. The zero-order valence-corrected chi connectivity index (χ0v) is 12.5. The topological polar surface area (TPSA) is 21.3 Å². The van der Waals surface area contributed by atoms with Crippen LogP contribution < -0.4 is 10.1 Å². The largest absolute Gasteiger partial charge is 0.497 e. The van der Waals surface area contributed by atoms with Gasteiger partial charge < -0.3 is 10.1 Å². The molecule has 2 atom stereocenters. The van der Waals surface area contributed by atoms with E-state index in [2.05, 4.69) is 43.4 Å². The van der Waals surface area contributed by atoms with Gasteiger partial charge >= 0.3 is 0 Å². The summed E-state index contributed by atoms with van der Waals surface area (Å²) in [6.45, 7) is 4.55. The molecule has 1 aromatic rings. The zero-order chi connectivity index (χ0) is 13.7. The number of methoxy groups -OCH3 is 1. The Morgan fingerprint density at radius 2 is 1.89 bits per heavy atom. The molecular weight excluding hydrogens is 234 g/mol. The fourth-order valence-corrected chi connectivity index (χ4v) is 2.75. The van der Waals surface area contributed by atoms with Crippen LogP contribution in [0.2, 0.25) is 0 Å². The lowest BCUT2D eigenvalue weighted by Gasteiger charge is -2.25. The van der Waals surface area contributed by atoms with Crippen LogP contribution in [0.15, 0.2) is 24.3 Å². The molecular formula is C17H27NO. The van der Waals surface area contributed by atoms with E-state index in [0.717, 1.165) is 11.7 Å². The molecule has 2 nitrogen and oxygen atoms in total. The minimum absolute atomic E-state index is 0.530. The van der Waals surface area contributed by atoms with E-state index in [1.54, 1.807) is 7.11 Å². The lowest BCUT2D eigenvalue weighted by atomic mass is 9.99. The van der Waals surface area contributed by atoms with Crippen LogP contribution in [0, 0.1) is 5.92 Å². The molecule has 2 unspecified atom stereocenters. The van der Waals surface area contributed by atoms with Crippen LogP contribution in [0.3, 0.4) is 0 Å². The first kappa shape index (κ1) is 14.4. The van der Waals surface area contributed by atoms with Gasteiger partial charge in [-0.05, 0) is 49.3 Å². The average molecular weight is 261 g/mol. The molecule has 1 N–H and O–H groups in total. The van der Waals surface area contributed by atoms with Gasteiger partial charge in [-0.1, -0.05) is 32.4 Å². The summed E-state index contributed by atoms with van der Waals surface area (Å²) < 4.78 is 5.25. The smallest absolute Gasteiger partial charge is 0.118 e. The molecule has 0 aromatic heterocycles. The van der Waals surface area contributed by atoms with Crippen LogP contribution >= 0.6 is 0 Å². The predicted octanol–water partition coefficient (Wildman–Crippen LogP) is 4.31.